The molecule has 0 heterocycles. The summed E-state index contributed by atoms with van der Waals surface area (Å²) < 4.78 is 0. The molecule has 0 aromatic heterocycles. The molecular weight excluding hydrogens is 218 g/mol. The molecule has 0 aliphatic heterocycles. The number of aliphatic imine (C=N–C) groups is 1. The van der Waals surface area contributed by atoms with Crippen LogP contribution in [0.25, 0.3) is 0 Å². The summed E-state index contributed by atoms with van der Waals surface area (Å²) in [5.74, 6) is 0. The number of carbonyl (C=O) groups excluding carboxylic acids is 1. The number of benzene rings is 1. The maximum absolute atomic E-state index is 10.5. The third kappa shape index (κ3) is 1.81. The van der Waals surface area contributed by atoms with Gasteiger partial charge in [0.2, 0.25) is 6.08 Å². The van der Waals surface area contributed by atoms with Crippen molar-refractivity contribution in [2.45, 2.75) is 36.6 Å². The third-order valence-corrected chi connectivity index (χ3v) is 4.27. The van der Waals surface area contributed by atoms with Gasteiger partial charge in [-0.2, -0.15) is 4.99 Å². The molecule has 1 aliphatic rings. The zero-order chi connectivity index (χ0) is 11.6. The standard InChI is InChI=1S/C13H15NOS/c1-10-8-11(4-5-12(10)16-2)13(14-9-15)6-3-7-13/h4-5,8H,3,6-7H2,1-2H3. The van der Waals surface area contributed by atoms with Crippen molar-refractivity contribution in [1.82, 2.24) is 0 Å². The Morgan fingerprint density at radius 3 is 2.62 bits per heavy atom. The van der Waals surface area contributed by atoms with Gasteiger partial charge in [-0.15, -0.1) is 11.8 Å². The first-order valence-corrected chi connectivity index (χ1v) is 6.68. The van der Waals surface area contributed by atoms with Crippen LogP contribution in [0.5, 0.6) is 0 Å². The van der Waals surface area contributed by atoms with Crippen LogP contribution in [0.4, 0.5) is 0 Å². The summed E-state index contributed by atoms with van der Waals surface area (Å²) in [6.45, 7) is 2.10. The Hall–Kier alpha value is -1.05. The van der Waals surface area contributed by atoms with Gasteiger partial charge in [0.1, 0.15) is 0 Å². The van der Waals surface area contributed by atoms with Gasteiger partial charge in [-0.05, 0) is 49.6 Å². The molecule has 0 N–H and O–H groups in total. The maximum atomic E-state index is 10.5. The van der Waals surface area contributed by atoms with E-state index < -0.39 is 0 Å². The number of aryl methyl sites for hydroxylation is 1. The van der Waals surface area contributed by atoms with Crippen LogP contribution in [0.3, 0.4) is 0 Å². The fourth-order valence-corrected chi connectivity index (χ4v) is 2.82. The summed E-state index contributed by atoms with van der Waals surface area (Å²) in [4.78, 5) is 15.8. The van der Waals surface area contributed by atoms with Crippen LogP contribution in [0.1, 0.15) is 30.4 Å². The van der Waals surface area contributed by atoms with Crippen molar-refractivity contribution in [2.24, 2.45) is 4.99 Å². The smallest absolute Gasteiger partial charge is 0.211 e. The third-order valence-electron chi connectivity index (χ3n) is 3.37. The predicted molar refractivity (Wildman–Crippen MR) is 66.6 cm³/mol. The zero-order valence-electron chi connectivity index (χ0n) is 9.62. The minimum absolute atomic E-state index is 0.260. The first kappa shape index (κ1) is 11.4. The van der Waals surface area contributed by atoms with Gasteiger partial charge in [-0.25, -0.2) is 4.79 Å². The quantitative estimate of drug-likeness (QED) is 0.455. The first-order valence-electron chi connectivity index (χ1n) is 5.46. The fourth-order valence-electron chi connectivity index (χ4n) is 2.23. The minimum Gasteiger partial charge on any atom is -0.211 e. The lowest BCUT2D eigenvalue weighted by Gasteiger charge is -2.37. The Morgan fingerprint density at radius 1 is 1.44 bits per heavy atom. The summed E-state index contributed by atoms with van der Waals surface area (Å²) in [7, 11) is 0. The molecule has 2 nitrogen and oxygen atoms in total. The lowest BCUT2D eigenvalue weighted by Crippen LogP contribution is -2.31. The minimum atomic E-state index is -0.260. The van der Waals surface area contributed by atoms with Crippen LogP contribution in [0.15, 0.2) is 28.1 Å². The van der Waals surface area contributed by atoms with Gasteiger partial charge in [0.05, 0.1) is 5.54 Å². The molecule has 0 saturated heterocycles. The summed E-state index contributed by atoms with van der Waals surface area (Å²) in [6, 6.07) is 6.38. The molecule has 2 rings (SSSR count). The Labute approximate surface area is 100 Å². The Kier molecular flexibility index (Phi) is 3.17. The summed E-state index contributed by atoms with van der Waals surface area (Å²) >= 11 is 1.75. The highest BCUT2D eigenvalue weighted by Gasteiger charge is 2.38. The van der Waals surface area contributed by atoms with E-state index in [1.54, 1.807) is 17.8 Å². The van der Waals surface area contributed by atoms with Gasteiger partial charge in [0.15, 0.2) is 0 Å². The van der Waals surface area contributed by atoms with Gasteiger partial charge in [0, 0.05) is 4.90 Å². The monoisotopic (exact) mass is 233 g/mol. The highest BCUT2D eigenvalue weighted by molar-refractivity contribution is 7.98. The van der Waals surface area contributed by atoms with Crippen LogP contribution in [-0.4, -0.2) is 12.3 Å². The molecule has 3 heteroatoms. The van der Waals surface area contributed by atoms with Crippen molar-refractivity contribution in [3.05, 3.63) is 29.3 Å². The number of nitrogens with zero attached hydrogens (tertiary/aromatic N) is 1. The fraction of sp³-hybridized carbons (Fsp3) is 0.462. The number of hydrogen-bond acceptors (Lipinski definition) is 3. The second-order valence-corrected chi connectivity index (χ2v) is 5.12. The average Bonchev–Trinajstić information content (AvgIpc) is 2.23. The highest BCUT2D eigenvalue weighted by atomic mass is 32.2. The van der Waals surface area contributed by atoms with Crippen LogP contribution in [0.2, 0.25) is 0 Å². The molecule has 0 unspecified atom stereocenters. The van der Waals surface area contributed by atoms with E-state index in [4.69, 9.17) is 0 Å². The van der Waals surface area contributed by atoms with Crippen molar-refractivity contribution >= 4 is 17.8 Å². The topological polar surface area (TPSA) is 29.4 Å². The van der Waals surface area contributed by atoms with Crippen molar-refractivity contribution in [3.63, 3.8) is 0 Å². The number of rotatable bonds is 3. The lowest BCUT2D eigenvalue weighted by atomic mass is 9.72. The molecular formula is C13H15NOS. The summed E-state index contributed by atoms with van der Waals surface area (Å²) in [5, 5.41) is 0. The molecule has 1 aliphatic carbocycles. The maximum Gasteiger partial charge on any atom is 0.235 e. The molecule has 1 aromatic rings. The first-order chi connectivity index (χ1) is 7.72. The lowest BCUT2D eigenvalue weighted by molar-refractivity contribution is 0.255. The second kappa shape index (κ2) is 4.44. The van der Waals surface area contributed by atoms with E-state index in [0.717, 1.165) is 24.8 Å². The molecule has 0 radical (unpaired) electrons. The van der Waals surface area contributed by atoms with Crippen molar-refractivity contribution < 1.29 is 4.79 Å². The molecule has 0 bridgehead atoms. The van der Waals surface area contributed by atoms with Crippen molar-refractivity contribution in [2.75, 3.05) is 6.26 Å². The van der Waals surface area contributed by atoms with E-state index in [1.165, 1.54) is 10.5 Å². The summed E-state index contributed by atoms with van der Waals surface area (Å²) in [6.07, 6.45) is 6.89. The van der Waals surface area contributed by atoms with Crippen LogP contribution >= 0.6 is 11.8 Å². The number of hydrogen-bond donors (Lipinski definition) is 0. The summed E-state index contributed by atoms with van der Waals surface area (Å²) in [5.41, 5.74) is 2.17. The molecule has 0 atom stereocenters. The van der Waals surface area contributed by atoms with Crippen LogP contribution < -0.4 is 0 Å². The molecule has 0 amide bonds. The molecule has 1 saturated carbocycles. The predicted octanol–water partition coefficient (Wildman–Crippen LogP) is 3.43. The van der Waals surface area contributed by atoms with E-state index in [1.807, 2.05) is 0 Å². The molecule has 16 heavy (non-hydrogen) atoms. The van der Waals surface area contributed by atoms with Crippen LogP contribution in [-0.2, 0) is 10.3 Å². The number of isocyanates is 1. The average molecular weight is 233 g/mol. The van der Waals surface area contributed by atoms with Crippen LogP contribution in [0, 0.1) is 6.92 Å². The van der Waals surface area contributed by atoms with Gasteiger partial charge in [-0.3, -0.25) is 0 Å². The molecule has 1 fully saturated rings. The van der Waals surface area contributed by atoms with Gasteiger partial charge in [0.25, 0.3) is 0 Å². The van der Waals surface area contributed by atoms with E-state index in [2.05, 4.69) is 36.4 Å². The van der Waals surface area contributed by atoms with Gasteiger partial charge < -0.3 is 0 Å². The normalized spacial score (nSPS) is 17.4. The van der Waals surface area contributed by atoms with Gasteiger partial charge >= 0.3 is 0 Å². The van der Waals surface area contributed by atoms with Crippen molar-refractivity contribution in [3.8, 4) is 0 Å². The second-order valence-electron chi connectivity index (χ2n) is 4.27. The van der Waals surface area contributed by atoms with E-state index in [0.29, 0.717) is 0 Å². The largest absolute Gasteiger partial charge is 0.235 e. The van der Waals surface area contributed by atoms with E-state index in [9.17, 15) is 4.79 Å². The zero-order valence-corrected chi connectivity index (χ0v) is 10.4. The van der Waals surface area contributed by atoms with Crippen molar-refractivity contribution in [1.29, 1.82) is 0 Å². The molecule has 1 aromatic carbocycles. The van der Waals surface area contributed by atoms with Gasteiger partial charge in [-0.1, -0.05) is 12.1 Å². The SMILES string of the molecule is CSc1ccc(C2(N=C=O)CCC2)cc1C. The molecule has 0 spiro atoms. The van der Waals surface area contributed by atoms with E-state index in [-0.39, 0.29) is 5.54 Å². The Balaban J connectivity index is 2.40. The highest BCUT2D eigenvalue weighted by Crippen LogP contribution is 2.45. The molecule has 84 valence electrons. The Morgan fingerprint density at radius 2 is 2.19 bits per heavy atom. The number of thioether (sulfide) groups is 1. The Bertz CT molecular complexity index is 445. The van der Waals surface area contributed by atoms with E-state index >= 15 is 0 Å².